The largest absolute Gasteiger partial charge is 0.506 e. The minimum Gasteiger partial charge on any atom is -0.506 e. The summed E-state index contributed by atoms with van der Waals surface area (Å²) in [6, 6.07) is 5.77. The number of hydrogen-bond acceptors (Lipinski definition) is 7. The summed E-state index contributed by atoms with van der Waals surface area (Å²) in [5.74, 6) is 0.636. The molecule has 0 spiro atoms. The highest BCUT2D eigenvalue weighted by Gasteiger charge is 2.15. The molecule has 1 aliphatic rings. The van der Waals surface area contributed by atoms with Crippen molar-refractivity contribution in [3.63, 3.8) is 0 Å². The molecule has 3 aromatic rings. The topological polar surface area (TPSA) is 79.7 Å². The number of rotatable bonds is 7. The average Bonchev–Trinajstić information content (AvgIpc) is 3.25. The zero-order valence-corrected chi connectivity index (χ0v) is 17.2. The lowest BCUT2D eigenvalue weighted by molar-refractivity contribution is 0.230. The van der Waals surface area contributed by atoms with Crippen LogP contribution in [0, 0.1) is 5.82 Å². The van der Waals surface area contributed by atoms with Gasteiger partial charge in [0.1, 0.15) is 30.3 Å². The number of phenols is 1. The van der Waals surface area contributed by atoms with Gasteiger partial charge in [-0.3, -0.25) is 4.90 Å². The minimum atomic E-state index is -0.613. The van der Waals surface area contributed by atoms with Crippen LogP contribution in [0.1, 0.15) is 12.8 Å². The summed E-state index contributed by atoms with van der Waals surface area (Å²) in [7, 11) is 1.56. The van der Waals surface area contributed by atoms with Crippen molar-refractivity contribution < 1.29 is 19.0 Å². The first-order valence-corrected chi connectivity index (χ1v) is 10.1. The van der Waals surface area contributed by atoms with E-state index in [0.717, 1.165) is 25.7 Å². The molecule has 2 aromatic carbocycles. The maximum atomic E-state index is 14.2. The van der Waals surface area contributed by atoms with Crippen LogP contribution < -0.4 is 14.8 Å². The fourth-order valence-electron chi connectivity index (χ4n) is 3.49. The van der Waals surface area contributed by atoms with Gasteiger partial charge in [-0.1, -0.05) is 11.6 Å². The number of nitrogens with one attached hydrogen (secondary N) is 1. The fraction of sp³-hybridized carbons (Fsp3) is 0.333. The summed E-state index contributed by atoms with van der Waals surface area (Å²) < 4.78 is 25.7. The van der Waals surface area contributed by atoms with Gasteiger partial charge in [0.25, 0.3) is 0 Å². The summed E-state index contributed by atoms with van der Waals surface area (Å²) >= 11 is 5.75. The Balaban J connectivity index is 1.60. The highest BCUT2D eigenvalue weighted by atomic mass is 35.5. The van der Waals surface area contributed by atoms with Gasteiger partial charge in [-0.25, -0.2) is 14.4 Å². The number of benzene rings is 2. The number of fused-ring (bicyclic) bond motifs is 1. The van der Waals surface area contributed by atoms with Crippen LogP contribution >= 0.6 is 11.6 Å². The van der Waals surface area contributed by atoms with Crippen LogP contribution in [0.5, 0.6) is 17.2 Å². The van der Waals surface area contributed by atoms with Crippen molar-refractivity contribution in [1.29, 1.82) is 0 Å². The van der Waals surface area contributed by atoms with Crippen molar-refractivity contribution in [3.8, 4) is 17.2 Å². The third-order valence-corrected chi connectivity index (χ3v) is 5.38. The van der Waals surface area contributed by atoms with Gasteiger partial charge in [0.15, 0.2) is 11.5 Å². The molecule has 2 N–H and O–H groups in total. The van der Waals surface area contributed by atoms with Crippen LogP contribution in [-0.2, 0) is 0 Å². The lowest BCUT2D eigenvalue weighted by Gasteiger charge is -2.17. The number of aromatic nitrogens is 2. The molecule has 0 bridgehead atoms. The zero-order valence-electron chi connectivity index (χ0n) is 16.5. The molecule has 1 aromatic heterocycles. The van der Waals surface area contributed by atoms with E-state index in [2.05, 4.69) is 20.2 Å². The molecule has 0 atom stereocenters. The normalized spacial score (nSPS) is 14.2. The SMILES string of the molecule is COc1cc2c(Nc3cc(O)c(Cl)cc3F)ncnc2cc1OCCN1CCCC1. The van der Waals surface area contributed by atoms with Gasteiger partial charge in [-0.15, -0.1) is 0 Å². The van der Waals surface area contributed by atoms with E-state index in [-0.39, 0.29) is 16.5 Å². The zero-order chi connectivity index (χ0) is 21.1. The van der Waals surface area contributed by atoms with Gasteiger partial charge in [-0.05, 0) is 38.1 Å². The van der Waals surface area contributed by atoms with E-state index in [1.54, 1.807) is 19.2 Å². The van der Waals surface area contributed by atoms with Gasteiger partial charge in [0.2, 0.25) is 0 Å². The molecule has 1 fully saturated rings. The first-order chi connectivity index (χ1) is 14.5. The first-order valence-electron chi connectivity index (χ1n) is 9.68. The molecule has 7 nitrogen and oxygen atoms in total. The molecule has 4 rings (SSSR count). The number of anilines is 2. The Labute approximate surface area is 178 Å². The Morgan fingerprint density at radius 2 is 1.97 bits per heavy atom. The van der Waals surface area contributed by atoms with Crippen molar-refractivity contribution in [2.75, 3.05) is 38.7 Å². The molecular weight excluding hydrogens is 411 g/mol. The van der Waals surface area contributed by atoms with E-state index in [4.69, 9.17) is 21.1 Å². The maximum Gasteiger partial charge on any atom is 0.163 e. The van der Waals surface area contributed by atoms with Crippen molar-refractivity contribution in [3.05, 3.63) is 41.4 Å². The number of nitrogens with zero attached hydrogens (tertiary/aromatic N) is 3. The van der Waals surface area contributed by atoms with E-state index in [0.29, 0.717) is 34.8 Å². The monoisotopic (exact) mass is 432 g/mol. The predicted molar refractivity (Wildman–Crippen MR) is 114 cm³/mol. The maximum absolute atomic E-state index is 14.2. The molecule has 1 aliphatic heterocycles. The Kier molecular flexibility index (Phi) is 6.06. The molecule has 0 amide bonds. The second-order valence-electron chi connectivity index (χ2n) is 7.05. The number of ether oxygens (including phenoxy) is 2. The van der Waals surface area contributed by atoms with Crippen molar-refractivity contribution in [1.82, 2.24) is 14.9 Å². The number of methoxy groups -OCH3 is 1. The molecule has 0 saturated carbocycles. The Bertz CT molecular complexity index is 1060. The summed E-state index contributed by atoms with van der Waals surface area (Å²) in [4.78, 5) is 10.9. The van der Waals surface area contributed by atoms with Gasteiger partial charge in [0.05, 0.1) is 23.3 Å². The number of phenolic OH excluding ortho intramolecular Hbond substituents is 1. The lowest BCUT2D eigenvalue weighted by Crippen LogP contribution is -2.25. The number of halogens is 2. The molecule has 2 heterocycles. The Morgan fingerprint density at radius 1 is 1.17 bits per heavy atom. The van der Waals surface area contributed by atoms with Gasteiger partial charge in [0, 0.05) is 24.1 Å². The minimum absolute atomic E-state index is 0.0433. The highest BCUT2D eigenvalue weighted by molar-refractivity contribution is 6.32. The van der Waals surface area contributed by atoms with Crippen LogP contribution in [0.2, 0.25) is 5.02 Å². The van der Waals surface area contributed by atoms with E-state index in [1.165, 1.54) is 25.2 Å². The Morgan fingerprint density at radius 3 is 2.73 bits per heavy atom. The molecule has 0 radical (unpaired) electrons. The lowest BCUT2D eigenvalue weighted by atomic mass is 10.2. The molecule has 158 valence electrons. The van der Waals surface area contributed by atoms with Crippen molar-refractivity contribution in [2.24, 2.45) is 0 Å². The average molecular weight is 433 g/mol. The molecular formula is C21H22ClFN4O3. The molecule has 30 heavy (non-hydrogen) atoms. The highest BCUT2D eigenvalue weighted by Crippen LogP contribution is 2.36. The molecule has 0 unspecified atom stereocenters. The summed E-state index contributed by atoms with van der Waals surface area (Å²) in [6.45, 7) is 3.62. The third kappa shape index (κ3) is 4.34. The standard InChI is InChI=1S/C21H22ClFN4O3/c1-29-19-8-13-16(11-20(19)30-7-6-27-4-2-3-5-27)24-12-25-21(13)26-17-10-18(28)14(22)9-15(17)23/h8-12,28H,2-7H2,1H3,(H,24,25,26). The predicted octanol–water partition coefficient (Wildman–Crippen LogP) is 4.35. The fourth-order valence-corrected chi connectivity index (χ4v) is 3.64. The van der Waals surface area contributed by atoms with Crippen LogP contribution in [0.15, 0.2) is 30.6 Å². The smallest absolute Gasteiger partial charge is 0.163 e. The van der Waals surface area contributed by atoms with E-state index in [9.17, 15) is 9.50 Å². The van der Waals surface area contributed by atoms with Gasteiger partial charge < -0.3 is 19.9 Å². The van der Waals surface area contributed by atoms with Gasteiger partial charge in [-0.2, -0.15) is 0 Å². The van der Waals surface area contributed by atoms with Crippen LogP contribution in [0.4, 0.5) is 15.9 Å². The van der Waals surface area contributed by atoms with E-state index in [1.807, 2.05) is 0 Å². The van der Waals surface area contributed by atoms with E-state index >= 15 is 0 Å². The van der Waals surface area contributed by atoms with Crippen LogP contribution in [0.25, 0.3) is 10.9 Å². The quantitative estimate of drug-likeness (QED) is 0.574. The number of likely N-dealkylation sites (tertiary alicyclic amines) is 1. The first kappa shape index (κ1) is 20.4. The molecule has 9 heteroatoms. The van der Waals surface area contributed by atoms with Crippen molar-refractivity contribution >= 4 is 34.0 Å². The molecule has 0 aliphatic carbocycles. The number of aromatic hydroxyl groups is 1. The summed E-state index contributed by atoms with van der Waals surface area (Å²) in [5.41, 5.74) is 0.657. The third-order valence-electron chi connectivity index (χ3n) is 5.07. The Hall–Kier alpha value is -2.84. The molecule has 1 saturated heterocycles. The summed E-state index contributed by atoms with van der Waals surface area (Å²) in [6.07, 6.45) is 3.84. The van der Waals surface area contributed by atoms with Gasteiger partial charge >= 0.3 is 0 Å². The number of hydrogen-bond donors (Lipinski definition) is 2. The summed E-state index contributed by atoms with van der Waals surface area (Å²) in [5, 5.41) is 13.2. The second-order valence-corrected chi connectivity index (χ2v) is 7.46. The van der Waals surface area contributed by atoms with Crippen LogP contribution in [0.3, 0.4) is 0 Å². The van der Waals surface area contributed by atoms with Crippen molar-refractivity contribution in [2.45, 2.75) is 12.8 Å². The second kappa shape index (κ2) is 8.89. The van der Waals surface area contributed by atoms with Crippen LogP contribution in [-0.4, -0.2) is 53.3 Å². The van der Waals surface area contributed by atoms with E-state index < -0.39 is 5.82 Å².